The number of likely N-dealkylation sites (N-methyl/N-ethyl adjacent to an activating group) is 1. The minimum absolute atomic E-state index is 0.244. The molecule has 0 bridgehead atoms. The lowest BCUT2D eigenvalue weighted by atomic mass is 10.0. The Morgan fingerprint density at radius 1 is 1.11 bits per heavy atom. The highest BCUT2D eigenvalue weighted by Crippen LogP contribution is 2.26. The molecule has 2 N–H and O–H groups in total. The van der Waals surface area contributed by atoms with E-state index < -0.39 is 0 Å². The van der Waals surface area contributed by atoms with Gasteiger partial charge in [0.1, 0.15) is 11.6 Å². The summed E-state index contributed by atoms with van der Waals surface area (Å²) in [6, 6.07) is 12.3. The van der Waals surface area contributed by atoms with E-state index in [0.717, 1.165) is 0 Å². The van der Waals surface area contributed by atoms with Gasteiger partial charge in [0.2, 0.25) is 0 Å². The van der Waals surface area contributed by atoms with Crippen LogP contribution in [0.25, 0.3) is 0 Å². The van der Waals surface area contributed by atoms with Crippen molar-refractivity contribution in [1.29, 1.82) is 0 Å². The minimum atomic E-state index is -0.331. The first-order chi connectivity index (χ1) is 9.13. The van der Waals surface area contributed by atoms with Gasteiger partial charge in [-0.25, -0.2) is 8.78 Å². The first-order valence-corrected chi connectivity index (χ1v) is 6.06. The summed E-state index contributed by atoms with van der Waals surface area (Å²) < 4.78 is 27.1. The Morgan fingerprint density at radius 3 is 2.47 bits per heavy atom. The molecule has 100 valence electrons. The third kappa shape index (κ3) is 2.90. The molecule has 19 heavy (non-hydrogen) atoms. The first kappa shape index (κ1) is 13.5. The zero-order valence-electron chi connectivity index (χ0n) is 10.7. The maximum Gasteiger partial charge on any atom is 0.128 e. The summed E-state index contributed by atoms with van der Waals surface area (Å²) in [6.07, 6.45) is 0. The van der Waals surface area contributed by atoms with Gasteiger partial charge in [0.05, 0.1) is 6.04 Å². The van der Waals surface area contributed by atoms with E-state index in [0.29, 0.717) is 11.3 Å². The Bertz CT molecular complexity index is 557. The maximum absolute atomic E-state index is 13.8. The number of anilines is 1. The fraction of sp³-hybridized carbons (Fsp3) is 0.200. The molecular formula is C15H16F2N2. The molecule has 0 heterocycles. The molecule has 2 aromatic carbocycles. The maximum atomic E-state index is 13.8. The molecule has 2 rings (SSSR count). The summed E-state index contributed by atoms with van der Waals surface area (Å²) in [7, 11) is 1.78. The third-order valence-corrected chi connectivity index (χ3v) is 3.17. The zero-order chi connectivity index (χ0) is 13.8. The van der Waals surface area contributed by atoms with Crippen LogP contribution in [0.3, 0.4) is 0 Å². The molecule has 4 heteroatoms. The molecule has 2 aromatic rings. The molecule has 0 fully saturated rings. The Kier molecular flexibility index (Phi) is 4.12. The average molecular weight is 262 g/mol. The molecule has 0 aliphatic heterocycles. The SMILES string of the molecule is CN(c1cccc(F)c1)C(CN)c1ccccc1F. The van der Waals surface area contributed by atoms with Crippen molar-refractivity contribution in [3.63, 3.8) is 0 Å². The molecular weight excluding hydrogens is 246 g/mol. The molecule has 0 aliphatic rings. The fourth-order valence-corrected chi connectivity index (χ4v) is 2.11. The Balaban J connectivity index is 2.35. The van der Waals surface area contributed by atoms with Crippen LogP contribution in [0.1, 0.15) is 11.6 Å². The monoisotopic (exact) mass is 262 g/mol. The van der Waals surface area contributed by atoms with Gasteiger partial charge in [-0.3, -0.25) is 0 Å². The average Bonchev–Trinajstić information content (AvgIpc) is 2.41. The first-order valence-electron chi connectivity index (χ1n) is 6.06. The Hall–Kier alpha value is -1.94. The van der Waals surface area contributed by atoms with Crippen molar-refractivity contribution in [2.24, 2.45) is 5.73 Å². The number of nitrogens with two attached hydrogens (primary N) is 1. The van der Waals surface area contributed by atoms with Gasteiger partial charge in [-0.05, 0) is 24.3 Å². The summed E-state index contributed by atoms with van der Waals surface area (Å²) >= 11 is 0. The van der Waals surface area contributed by atoms with Crippen LogP contribution in [-0.2, 0) is 0 Å². The van der Waals surface area contributed by atoms with Crippen LogP contribution in [0.5, 0.6) is 0 Å². The lowest BCUT2D eigenvalue weighted by molar-refractivity contribution is 0.571. The van der Waals surface area contributed by atoms with E-state index in [1.54, 1.807) is 42.3 Å². The summed E-state index contributed by atoms with van der Waals surface area (Å²) in [5.41, 5.74) is 6.92. The van der Waals surface area contributed by atoms with Crippen molar-refractivity contribution < 1.29 is 8.78 Å². The summed E-state index contributed by atoms with van der Waals surface area (Å²) in [6.45, 7) is 0.244. The van der Waals surface area contributed by atoms with Crippen molar-refractivity contribution >= 4 is 5.69 Å². The van der Waals surface area contributed by atoms with Gasteiger partial charge in [-0.1, -0.05) is 24.3 Å². The quantitative estimate of drug-likeness (QED) is 0.917. The predicted octanol–water partition coefficient (Wildman–Crippen LogP) is 3.10. The molecule has 1 atom stereocenters. The zero-order valence-corrected chi connectivity index (χ0v) is 10.7. The third-order valence-electron chi connectivity index (χ3n) is 3.17. The second-order valence-electron chi connectivity index (χ2n) is 4.36. The van der Waals surface area contributed by atoms with Crippen molar-refractivity contribution in [1.82, 2.24) is 0 Å². The van der Waals surface area contributed by atoms with Crippen LogP contribution in [0, 0.1) is 11.6 Å². The standard InChI is InChI=1S/C15H16F2N2/c1-19(12-6-4-5-11(16)9-12)15(10-18)13-7-2-3-8-14(13)17/h2-9,15H,10,18H2,1H3. The van der Waals surface area contributed by atoms with E-state index in [1.165, 1.54) is 18.2 Å². The number of hydrogen-bond donors (Lipinski definition) is 1. The topological polar surface area (TPSA) is 29.3 Å². The van der Waals surface area contributed by atoms with Gasteiger partial charge in [-0.2, -0.15) is 0 Å². The van der Waals surface area contributed by atoms with Crippen molar-refractivity contribution in [2.45, 2.75) is 6.04 Å². The van der Waals surface area contributed by atoms with Crippen molar-refractivity contribution in [2.75, 3.05) is 18.5 Å². The number of benzene rings is 2. The van der Waals surface area contributed by atoms with Crippen molar-refractivity contribution in [3.8, 4) is 0 Å². The normalized spacial score (nSPS) is 12.2. The van der Waals surface area contributed by atoms with Crippen LogP contribution < -0.4 is 10.6 Å². The highest BCUT2D eigenvalue weighted by molar-refractivity contribution is 5.48. The van der Waals surface area contributed by atoms with E-state index in [2.05, 4.69) is 0 Å². The number of halogens is 2. The van der Waals surface area contributed by atoms with Gasteiger partial charge >= 0.3 is 0 Å². The minimum Gasteiger partial charge on any atom is -0.366 e. The molecule has 0 spiro atoms. The molecule has 1 unspecified atom stereocenters. The number of nitrogens with zero attached hydrogens (tertiary/aromatic N) is 1. The van der Waals surface area contributed by atoms with Crippen LogP contribution in [0.4, 0.5) is 14.5 Å². The molecule has 0 amide bonds. The van der Waals surface area contributed by atoms with Gasteiger partial charge in [-0.15, -0.1) is 0 Å². The highest BCUT2D eigenvalue weighted by Gasteiger charge is 2.19. The van der Waals surface area contributed by atoms with Gasteiger partial charge < -0.3 is 10.6 Å². The van der Waals surface area contributed by atoms with Gasteiger partial charge in [0, 0.05) is 24.8 Å². The molecule has 0 saturated heterocycles. The van der Waals surface area contributed by atoms with Crippen LogP contribution in [0.15, 0.2) is 48.5 Å². The lowest BCUT2D eigenvalue weighted by Gasteiger charge is -2.29. The van der Waals surface area contributed by atoms with Gasteiger partial charge in [0.15, 0.2) is 0 Å². The molecule has 0 aromatic heterocycles. The largest absolute Gasteiger partial charge is 0.366 e. The predicted molar refractivity (Wildman–Crippen MR) is 73.0 cm³/mol. The number of rotatable bonds is 4. The van der Waals surface area contributed by atoms with Crippen LogP contribution in [-0.4, -0.2) is 13.6 Å². The smallest absolute Gasteiger partial charge is 0.128 e. The number of hydrogen-bond acceptors (Lipinski definition) is 2. The lowest BCUT2D eigenvalue weighted by Crippen LogP contribution is -2.31. The van der Waals surface area contributed by atoms with E-state index in [4.69, 9.17) is 5.73 Å². The van der Waals surface area contributed by atoms with Crippen LogP contribution in [0.2, 0.25) is 0 Å². The van der Waals surface area contributed by atoms with E-state index in [9.17, 15) is 8.78 Å². The van der Waals surface area contributed by atoms with Crippen LogP contribution >= 0.6 is 0 Å². The molecule has 0 aliphatic carbocycles. The van der Waals surface area contributed by atoms with E-state index in [1.807, 2.05) is 0 Å². The fourth-order valence-electron chi connectivity index (χ4n) is 2.11. The van der Waals surface area contributed by atoms with Crippen molar-refractivity contribution in [3.05, 3.63) is 65.7 Å². The van der Waals surface area contributed by atoms with E-state index >= 15 is 0 Å². The van der Waals surface area contributed by atoms with E-state index in [-0.39, 0.29) is 24.2 Å². The summed E-state index contributed by atoms with van der Waals surface area (Å²) in [5.74, 6) is -0.630. The highest BCUT2D eigenvalue weighted by atomic mass is 19.1. The van der Waals surface area contributed by atoms with Gasteiger partial charge in [0.25, 0.3) is 0 Å². The second-order valence-corrected chi connectivity index (χ2v) is 4.36. The molecule has 0 radical (unpaired) electrons. The Labute approximate surface area is 111 Å². The summed E-state index contributed by atoms with van der Waals surface area (Å²) in [5, 5.41) is 0. The molecule has 0 saturated carbocycles. The second kappa shape index (κ2) is 5.80. The molecule has 2 nitrogen and oxygen atoms in total. The Morgan fingerprint density at radius 2 is 1.84 bits per heavy atom. The summed E-state index contributed by atoms with van der Waals surface area (Å²) in [4.78, 5) is 1.78.